The number of benzene rings is 1. The lowest BCUT2D eigenvalue weighted by molar-refractivity contribution is 0.158. The molecule has 1 aromatic carbocycles. The maximum absolute atomic E-state index is 10.1. The van der Waals surface area contributed by atoms with Gasteiger partial charge in [-0.25, -0.2) is 0 Å². The summed E-state index contributed by atoms with van der Waals surface area (Å²) in [6.07, 6.45) is 4.62. The van der Waals surface area contributed by atoms with Crippen LogP contribution in [0.1, 0.15) is 48.7 Å². The minimum atomic E-state index is 0.210. The number of aryl methyl sites for hydroxylation is 1. The fraction of sp³-hybridized carbons (Fsp3) is 0.471. The molecular weight excluding hydrogens is 300 g/mol. The van der Waals surface area contributed by atoms with Crippen molar-refractivity contribution in [3.63, 3.8) is 0 Å². The van der Waals surface area contributed by atoms with Crippen LogP contribution in [-0.4, -0.2) is 21.7 Å². The van der Waals surface area contributed by atoms with Crippen molar-refractivity contribution in [1.82, 2.24) is 10.1 Å². The van der Waals surface area contributed by atoms with Crippen molar-refractivity contribution < 1.29 is 9.63 Å². The quantitative estimate of drug-likeness (QED) is 0.907. The maximum atomic E-state index is 10.1. The third kappa shape index (κ3) is 3.45. The summed E-state index contributed by atoms with van der Waals surface area (Å²) in [5.41, 5.74) is 1.76. The molecule has 1 aliphatic heterocycles. The molecule has 0 unspecified atom stereocenters. The van der Waals surface area contributed by atoms with Gasteiger partial charge in [-0.1, -0.05) is 29.6 Å². The van der Waals surface area contributed by atoms with Crippen molar-refractivity contribution >= 4 is 11.6 Å². The second kappa shape index (κ2) is 6.71. The van der Waals surface area contributed by atoms with Gasteiger partial charge >= 0.3 is 0 Å². The zero-order valence-electron chi connectivity index (χ0n) is 12.8. The molecule has 2 heterocycles. The van der Waals surface area contributed by atoms with Crippen LogP contribution >= 0.6 is 11.6 Å². The van der Waals surface area contributed by atoms with E-state index >= 15 is 0 Å². The molecule has 118 valence electrons. The number of hydrogen-bond acceptors (Lipinski definition) is 4. The molecule has 1 aliphatic rings. The highest BCUT2D eigenvalue weighted by molar-refractivity contribution is 6.30. The van der Waals surface area contributed by atoms with Crippen LogP contribution in [0.4, 0.5) is 0 Å². The Labute approximate surface area is 135 Å². The van der Waals surface area contributed by atoms with Crippen LogP contribution in [-0.2, 0) is 6.54 Å². The topological polar surface area (TPSA) is 49.5 Å². The zero-order chi connectivity index (χ0) is 15.5. The van der Waals surface area contributed by atoms with E-state index in [0.29, 0.717) is 17.3 Å². The summed E-state index contributed by atoms with van der Waals surface area (Å²) in [7, 11) is 0. The van der Waals surface area contributed by atoms with Crippen molar-refractivity contribution in [1.29, 1.82) is 0 Å². The Hall–Kier alpha value is -1.52. The van der Waals surface area contributed by atoms with Gasteiger partial charge in [0.15, 0.2) is 5.76 Å². The van der Waals surface area contributed by atoms with Gasteiger partial charge in [-0.15, -0.1) is 0 Å². The Bertz CT molecular complexity index is 641. The van der Waals surface area contributed by atoms with Crippen molar-refractivity contribution in [2.75, 3.05) is 6.54 Å². The van der Waals surface area contributed by atoms with Gasteiger partial charge in [0.1, 0.15) is 5.75 Å². The standard InChI is InChI=1S/C17H21ClN2O2/c1-12-9-17(22-19-12)15-5-3-2-4-8-20(15)11-13-10-14(18)6-7-16(13)21/h6-7,9-10,15,21H,2-5,8,11H2,1H3/t15-/m0/s1. The number of phenols is 1. The van der Waals surface area contributed by atoms with Gasteiger partial charge in [0.25, 0.3) is 0 Å². The lowest BCUT2D eigenvalue weighted by Gasteiger charge is -2.28. The molecule has 0 spiro atoms. The normalized spacial score (nSPS) is 20.0. The fourth-order valence-electron chi connectivity index (χ4n) is 3.12. The van der Waals surface area contributed by atoms with Gasteiger partial charge in [0.2, 0.25) is 0 Å². The first-order valence-corrected chi connectivity index (χ1v) is 8.16. The Kier molecular flexibility index (Phi) is 4.69. The number of aromatic hydroxyl groups is 1. The second-order valence-electron chi connectivity index (χ2n) is 5.98. The van der Waals surface area contributed by atoms with E-state index in [1.54, 1.807) is 12.1 Å². The molecule has 1 atom stereocenters. The van der Waals surface area contributed by atoms with Crippen LogP contribution in [0.25, 0.3) is 0 Å². The number of rotatable bonds is 3. The maximum Gasteiger partial charge on any atom is 0.154 e. The monoisotopic (exact) mass is 320 g/mol. The molecule has 5 heteroatoms. The van der Waals surface area contributed by atoms with Crippen LogP contribution in [0.5, 0.6) is 5.75 Å². The van der Waals surface area contributed by atoms with E-state index < -0.39 is 0 Å². The van der Waals surface area contributed by atoms with Crippen LogP contribution < -0.4 is 0 Å². The number of aromatic nitrogens is 1. The van der Waals surface area contributed by atoms with Gasteiger partial charge in [-0.3, -0.25) is 4.90 Å². The molecule has 2 aromatic rings. The lowest BCUT2D eigenvalue weighted by atomic mass is 10.1. The van der Waals surface area contributed by atoms with Crippen molar-refractivity contribution in [2.24, 2.45) is 0 Å². The van der Waals surface area contributed by atoms with E-state index in [4.69, 9.17) is 16.1 Å². The number of phenolic OH excluding ortho intramolecular Hbond substituents is 1. The Morgan fingerprint density at radius 1 is 1.32 bits per heavy atom. The third-order valence-electron chi connectivity index (χ3n) is 4.25. The molecule has 3 rings (SSSR count). The Morgan fingerprint density at radius 2 is 2.18 bits per heavy atom. The zero-order valence-corrected chi connectivity index (χ0v) is 13.5. The summed E-state index contributed by atoms with van der Waals surface area (Å²) in [5.74, 6) is 1.21. The smallest absolute Gasteiger partial charge is 0.154 e. The molecule has 1 saturated heterocycles. The Balaban J connectivity index is 1.85. The third-order valence-corrected chi connectivity index (χ3v) is 4.49. The molecule has 0 bridgehead atoms. The lowest BCUT2D eigenvalue weighted by Crippen LogP contribution is -2.28. The Morgan fingerprint density at radius 3 is 2.95 bits per heavy atom. The predicted molar refractivity (Wildman–Crippen MR) is 86.0 cm³/mol. The van der Waals surface area contributed by atoms with E-state index in [1.807, 2.05) is 19.1 Å². The molecule has 1 aromatic heterocycles. The van der Waals surface area contributed by atoms with E-state index in [-0.39, 0.29) is 6.04 Å². The van der Waals surface area contributed by atoms with Gasteiger partial charge < -0.3 is 9.63 Å². The van der Waals surface area contributed by atoms with Gasteiger partial charge in [0, 0.05) is 23.2 Å². The number of halogens is 1. The summed E-state index contributed by atoms with van der Waals surface area (Å²) in [6, 6.07) is 7.43. The second-order valence-corrected chi connectivity index (χ2v) is 6.42. The number of hydrogen-bond donors (Lipinski definition) is 1. The summed E-state index contributed by atoms with van der Waals surface area (Å²) in [6.45, 7) is 3.59. The molecule has 1 N–H and O–H groups in total. The van der Waals surface area contributed by atoms with Crippen molar-refractivity contribution in [3.8, 4) is 5.75 Å². The molecular formula is C17H21ClN2O2. The summed E-state index contributed by atoms with van der Waals surface area (Å²) < 4.78 is 5.50. The molecule has 0 aliphatic carbocycles. The van der Waals surface area contributed by atoms with Crippen LogP contribution in [0, 0.1) is 6.92 Å². The first kappa shape index (κ1) is 15.4. The summed E-state index contributed by atoms with van der Waals surface area (Å²) in [5, 5.41) is 14.7. The van der Waals surface area contributed by atoms with Crippen LogP contribution in [0.2, 0.25) is 5.02 Å². The van der Waals surface area contributed by atoms with E-state index in [2.05, 4.69) is 10.1 Å². The minimum Gasteiger partial charge on any atom is -0.508 e. The first-order valence-electron chi connectivity index (χ1n) is 7.78. The van der Waals surface area contributed by atoms with Crippen LogP contribution in [0.15, 0.2) is 28.8 Å². The average molecular weight is 321 g/mol. The van der Waals surface area contributed by atoms with Gasteiger partial charge in [-0.2, -0.15) is 0 Å². The molecule has 22 heavy (non-hydrogen) atoms. The molecule has 4 nitrogen and oxygen atoms in total. The summed E-state index contributed by atoms with van der Waals surface area (Å²) >= 11 is 6.07. The predicted octanol–water partition coefficient (Wildman–Crippen LogP) is 4.46. The van der Waals surface area contributed by atoms with Crippen molar-refractivity contribution in [2.45, 2.75) is 45.2 Å². The highest BCUT2D eigenvalue weighted by atomic mass is 35.5. The molecule has 0 saturated carbocycles. The fourth-order valence-corrected chi connectivity index (χ4v) is 3.31. The SMILES string of the molecule is Cc1cc([C@@H]2CCCCCN2Cc2cc(Cl)ccc2O)on1. The average Bonchev–Trinajstić information content (AvgIpc) is 2.78. The van der Waals surface area contributed by atoms with Crippen LogP contribution in [0.3, 0.4) is 0 Å². The number of nitrogens with zero attached hydrogens (tertiary/aromatic N) is 2. The number of likely N-dealkylation sites (tertiary alicyclic amines) is 1. The van der Waals surface area contributed by atoms with E-state index in [9.17, 15) is 5.11 Å². The van der Waals surface area contributed by atoms with Gasteiger partial charge in [0.05, 0.1) is 11.7 Å². The molecule has 0 radical (unpaired) electrons. The highest BCUT2D eigenvalue weighted by Crippen LogP contribution is 2.33. The first-order chi connectivity index (χ1) is 10.6. The van der Waals surface area contributed by atoms with Crippen molar-refractivity contribution in [3.05, 3.63) is 46.3 Å². The van der Waals surface area contributed by atoms with E-state index in [0.717, 1.165) is 36.4 Å². The molecule has 0 amide bonds. The minimum absolute atomic E-state index is 0.210. The summed E-state index contributed by atoms with van der Waals surface area (Å²) in [4.78, 5) is 2.36. The van der Waals surface area contributed by atoms with E-state index in [1.165, 1.54) is 12.8 Å². The largest absolute Gasteiger partial charge is 0.508 e. The van der Waals surface area contributed by atoms with Gasteiger partial charge in [-0.05, 0) is 44.5 Å². The highest BCUT2D eigenvalue weighted by Gasteiger charge is 2.26. The molecule has 1 fully saturated rings.